The molecule has 0 spiro atoms. The van der Waals surface area contributed by atoms with Crippen molar-refractivity contribution in [2.24, 2.45) is 0 Å². The Bertz CT molecular complexity index is 310. The van der Waals surface area contributed by atoms with E-state index in [1.54, 1.807) is 12.1 Å². The molecule has 0 fully saturated rings. The predicted molar refractivity (Wildman–Crippen MR) is 54.9 cm³/mol. The number of phenols is 1. The van der Waals surface area contributed by atoms with Crippen LogP contribution in [0, 0.1) is 5.82 Å². The highest BCUT2D eigenvalue weighted by Gasteiger charge is 2.23. The molecule has 13 heavy (non-hydrogen) atoms. The Labute approximate surface area is 85.7 Å². The highest BCUT2D eigenvalue weighted by molar-refractivity contribution is 9.09. The van der Waals surface area contributed by atoms with E-state index in [-0.39, 0.29) is 11.2 Å². The fourth-order valence-corrected chi connectivity index (χ4v) is 1.44. The Morgan fingerprint density at radius 1 is 1.46 bits per heavy atom. The van der Waals surface area contributed by atoms with E-state index in [9.17, 15) is 9.50 Å². The first-order valence-corrected chi connectivity index (χ1v) is 5.15. The third kappa shape index (κ3) is 2.02. The van der Waals surface area contributed by atoms with Crippen LogP contribution in [0.15, 0.2) is 18.2 Å². The molecule has 0 aliphatic heterocycles. The number of phenolic OH excluding ortho intramolecular Hbond substituents is 1. The third-order valence-corrected chi connectivity index (χ3v) is 3.45. The molecular weight excluding hydrogens is 235 g/mol. The molecule has 1 nitrogen and oxygen atoms in total. The maximum atomic E-state index is 13.0. The summed E-state index contributed by atoms with van der Waals surface area (Å²) in [7, 11) is 0. The molecule has 0 aliphatic carbocycles. The fourth-order valence-electron chi connectivity index (χ4n) is 1.13. The smallest absolute Gasteiger partial charge is 0.165 e. The van der Waals surface area contributed by atoms with Gasteiger partial charge in [0.1, 0.15) is 0 Å². The lowest BCUT2D eigenvalue weighted by Crippen LogP contribution is -2.19. The monoisotopic (exact) mass is 246 g/mol. The molecule has 72 valence electrons. The van der Waals surface area contributed by atoms with Crippen LogP contribution < -0.4 is 0 Å². The number of para-hydroxylation sites is 1. The molecule has 0 saturated carbocycles. The van der Waals surface area contributed by atoms with Crippen molar-refractivity contribution in [1.82, 2.24) is 0 Å². The Morgan fingerprint density at radius 3 is 2.62 bits per heavy atom. The number of aromatic hydroxyl groups is 1. The zero-order chi connectivity index (χ0) is 10.1. The summed E-state index contributed by atoms with van der Waals surface area (Å²) in [5, 5.41) is 10.1. The van der Waals surface area contributed by atoms with Gasteiger partial charge < -0.3 is 5.11 Å². The minimum absolute atomic E-state index is 0.244. The van der Waals surface area contributed by atoms with E-state index < -0.39 is 5.82 Å². The van der Waals surface area contributed by atoms with Gasteiger partial charge in [-0.3, -0.25) is 0 Å². The molecular formula is C10H12BrFO. The van der Waals surface area contributed by atoms with Crippen molar-refractivity contribution in [1.29, 1.82) is 0 Å². The first-order valence-electron chi connectivity index (χ1n) is 4.03. The Balaban J connectivity index is 3.22. The van der Waals surface area contributed by atoms with Gasteiger partial charge in [0.25, 0.3) is 0 Å². The van der Waals surface area contributed by atoms with Crippen LogP contribution in [-0.2, 0) is 5.41 Å². The molecule has 0 saturated heterocycles. The largest absolute Gasteiger partial charge is 0.505 e. The lowest BCUT2D eigenvalue weighted by molar-refractivity contribution is 0.411. The highest BCUT2D eigenvalue weighted by Crippen LogP contribution is 2.33. The van der Waals surface area contributed by atoms with Crippen molar-refractivity contribution in [2.75, 3.05) is 5.33 Å². The summed E-state index contributed by atoms with van der Waals surface area (Å²) in [6.45, 7) is 3.88. The number of hydrogen-bond acceptors (Lipinski definition) is 1. The average Bonchev–Trinajstić information content (AvgIpc) is 2.09. The van der Waals surface area contributed by atoms with Gasteiger partial charge >= 0.3 is 0 Å². The van der Waals surface area contributed by atoms with E-state index in [2.05, 4.69) is 15.9 Å². The molecule has 1 rings (SSSR count). The van der Waals surface area contributed by atoms with Crippen molar-refractivity contribution in [3.8, 4) is 5.75 Å². The van der Waals surface area contributed by atoms with Gasteiger partial charge in [-0.2, -0.15) is 0 Å². The van der Waals surface area contributed by atoms with Gasteiger partial charge in [0.15, 0.2) is 11.6 Å². The number of rotatable bonds is 2. The second-order valence-electron chi connectivity index (χ2n) is 3.65. The minimum atomic E-state index is -0.563. The molecule has 0 radical (unpaired) electrons. The molecule has 3 heteroatoms. The van der Waals surface area contributed by atoms with E-state index in [0.717, 1.165) is 0 Å². The molecule has 0 heterocycles. The topological polar surface area (TPSA) is 20.2 Å². The summed E-state index contributed by atoms with van der Waals surface area (Å²) in [4.78, 5) is 0. The van der Waals surface area contributed by atoms with E-state index in [0.29, 0.717) is 10.9 Å². The number of hydrogen-bond donors (Lipinski definition) is 1. The summed E-state index contributed by atoms with van der Waals surface area (Å²) in [6.07, 6.45) is 0. The van der Waals surface area contributed by atoms with E-state index in [1.165, 1.54) is 6.07 Å². The lowest BCUT2D eigenvalue weighted by atomic mass is 9.86. The maximum Gasteiger partial charge on any atom is 0.165 e. The molecule has 0 aliphatic rings. The summed E-state index contributed by atoms with van der Waals surface area (Å²) in [5.74, 6) is -0.807. The molecule has 1 aromatic rings. The predicted octanol–water partition coefficient (Wildman–Crippen LogP) is 3.20. The van der Waals surface area contributed by atoms with Crippen molar-refractivity contribution in [3.63, 3.8) is 0 Å². The summed E-state index contributed by atoms with van der Waals surface area (Å²) in [6, 6.07) is 4.59. The van der Waals surface area contributed by atoms with Crippen LogP contribution in [0.25, 0.3) is 0 Å². The van der Waals surface area contributed by atoms with E-state index >= 15 is 0 Å². The average molecular weight is 247 g/mol. The van der Waals surface area contributed by atoms with Gasteiger partial charge in [-0.1, -0.05) is 41.9 Å². The molecule has 1 N–H and O–H groups in total. The van der Waals surface area contributed by atoms with Crippen LogP contribution >= 0.6 is 15.9 Å². The lowest BCUT2D eigenvalue weighted by Gasteiger charge is -2.23. The van der Waals surface area contributed by atoms with Crippen LogP contribution in [0.1, 0.15) is 19.4 Å². The second kappa shape index (κ2) is 3.66. The first kappa shape index (κ1) is 10.5. The third-order valence-electron chi connectivity index (χ3n) is 2.05. The van der Waals surface area contributed by atoms with Crippen LogP contribution in [-0.4, -0.2) is 10.4 Å². The van der Waals surface area contributed by atoms with Gasteiger partial charge in [-0.05, 0) is 6.07 Å². The van der Waals surface area contributed by atoms with Crippen molar-refractivity contribution >= 4 is 15.9 Å². The Hall–Kier alpha value is -0.570. The first-order chi connectivity index (χ1) is 5.99. The minimum Gasteiger partial charge on any atom is -0.505 e. The number of halogens is 2. The normalized spacial score (nSPS) is 11.7. The number of alkyl halides is 1. The summed E-state index contributed by atoms with van der Waals surface area (Å²) >= 11 is 3.33. The molecule has 0 aromatic heterocycles. The van der Waals surface area contributed by atoms with Gasteiger partial charge in [0, 0.05) is 16.3 Å². The number of benzene rings is 1. The van der Waals surface area contributed by atoms with Crippen molar-refractivity contribution in [2.45, 2.75) is 19.3 Å². The van der Waals surface area contributed by atoms with Gasteiger partial charge in [-0.25, -0.2) is 4.39 Å². The fraction of sp³-hybridized carbons (Fsp3) is 0.400. The van der Waals surface area contributed by atoms with Crippen LogP contribution in [0.2, 0.25) is 0 Å². The molecule has 0 amide bonds. The Kier molecular flexibility index (Phi) is 2.96. The highest BCUT2D eigenvalue weighted by atomic mass is 79.9. The second-order valence-corrected chi connectivity index (χ2v) is 4.21. The van der Waals surface area contributed by atoms with Crippen molar-refractivity contribution < 1.29 is 9.50 Å². The van der Waals surface area contributed by atoms with Gasteiger partial charge in [0.05, 0.1) is 0 Å². The maximum absolute atomic E-state index is 13.0. The van der Waals surface area contributed by atoms with E-state index in [1.807, 2.05) is 13.8 Å². The zero-order valence-corrected chi connectivity index (χ0v) is 9.23. The van der Waals surface area contributed by atoms with Crippen LogP contribution in [0.3, 0.4) is 0 Å². The van der Waals surface area contributed by atoms with Gasteiger partial charge in [-0.15, -0.1) is 0 Å². The SMILES string of the molecule is CC(C)(CBr)c1cccc(F)c1O. The van der Waals surface area contributed by atoms with Crippen LogP contribution in [0.4, 0.5) is 4.39 Å². The summed E-state index contributed by atoms with van der Waals surface area (Å²) < 4.78 is 13.0. The van der Waals surface area contributed by atoms with Crippen molar-refractivity contribution in [3.05, 3.63) is 29.6 Å². The van der Waals surface area contributed by atoms with Gasteiger partial charge in [0.2, 0.25) is 0 Å². The molecule has 0 atom stereocenters. The molecule has 0 unspecified atom stereocenters. The standard InChI is InChI=1S/C10H12BrFO/c1-10(2,6-11)7-4-3-5-8(12)9(7)13/h3-5,13H,6H2,1-2H3. The van der Waals surface area contributed by atoms with E-state index in [4.69, 9.17) is 0 Å². The Morgan fingerprint density at radius 2 is 2.08 bits per heavy atom. The zero-order valence-electron chi connectivity index (χ0n) is 7.64. The quantitative estimate of drug-likeness (QED) is 0.795. The molecule has 0 bridgehead atoms. The summed E-state index contributed by atoms with van der Waals surface area (Å²) in [5.41, 5.74) is 0.371. The van der Waals surface area contributed by atoms with Crippen LogP contribution in [0.5, 0.6) is 5.75 Å². The molecule has 1 aromatic carbocycles.